The molecule has 1 unspecified atom stereocenters. The molecule has 0 aromatic heterocycles. The molecule has 2 aromatic rings. The van der Waals surface area contributed by atoms with Crippen LogP contribution in [0.1, 0.15) is 18.1 Å². The quantitative estimate of drug-likeness (QED) is 0.783. The first kappa shape index (κ1) is 16.1. The molecule has 0 bridgehead atoms. The van der Waals surface area contributed by atoms with Crippen LogP contribution in [0.2, 0.25) is 0 Å². The molecular weight excluding hydrogens is 306 g/mol. The Hall–Kier alpha value is -1.78. The van der Waals surface area contributed by atoms with Crippen molar-refractivity contribution in [3.05, 3.63) is 66.2 Å². The van der Waals surface area contributed by atoms with Gasteiger partial charge in [0.1, 0.15) is 6.10 Å². The fraction of sp³-hybridized carbons (Fsp3) is 0.316. The second-order valence-corrected chi connectivity index (χ2v) is 6.69. The van der Waals surface area contributed by atoms with Crippen molar-refractivity contribution in [2.75, 3.05) is 25.4 Å². The number of carbonyl (C=O) groups excluding carboxylic acids is 1. The van der Waals surface area contributed by atoms with Gasteiger partial charge in [-0.3, -0.25) is 4.79 Å². The van der Waals surface area contributed by atoms with E-state index in [-0.39, 0.29) is 12.0 Å². The fourth-order valence-electron chi connectivity index (χ4n) is 2.68. The van der Waals surface area contributed by atoms with Crippen molar-refractivity contribution in [1.29, 1.82) is 0 Å². The molecule has 4 heteroatoms. The number of nitrogens with zero attached hydrogens (tertiary/aromatic N) is 1. The maximum absolute atomic E-state index is 12.4. The highest BCUT2D eigenvalue weighted by Gasteiger charge is 2.24. The number of hydrogen-bond donors (Lipinski definition) is 0. The number of benzene rings is 2. The number of rotatable bonds is 5. The SMILES string of the molecule is O=C(CCSc1ccccc1)N1CCOC(c2ccccc2)C1. The summed E-state index contributed by atoms with van der Waals surface area (Å²) < 4.78 is 5.82. The van der Waals surface area contributed by atoms with Crippen LogP contribution in [0, 0.1) is 0 Å². The van der Waals surface area contributed by atoms with E-state index in [9.17, 15) is 4.79 Å². The summed E-state index contributed by atoms with van der Waals surface area (Å²) in [4.78, 5) is 15.6. The van der Waals surface area contributed by atoms with Crippen molar-refractivity contribution in [2.45, 2.75) is 17.4 Å². The Labute approximate surface area is 141 Å². The smallest absolute Gasteiger partial charge is 0.223 e. The summed E-state index contributed by atoms with van der Waals surface area (Å²) >= 11 is 1.73. The molecular formula is C19H21NO2S. The minimum Gasteiger partial charge on any atom is -0.370 e. The molecule has 0 spiro atoms. The van der Waals surface area contributed by atoms with Gasteiger partial charge in [-0.05, 0) is 17.7 Å². The Bertz CT molecular complexity index is 618. The second kappa shape index (κ2) is 8.18. The van der Waals surface area contributed by atoms with E-state index >= 15 is 0 Å². The highest BCUT2D eigenvalue weighted by atomic mass is 32.2. The summed E-state index contributed by atoms with van der Waals surface area (Å²) in [5, 5.41) is 0. The van der Waals surface area contributed by atoms with Crippen molar-refractivity contribution in [2.24, 2.45) is 0 Å². The van der Waals surface area contributed by atoms with Gasteiger partial charge in [0.25, 0.3) is 0 Å². The van der Waals surface area contributed by atoms with Crippen LogP contribution in [0.4, 0.5) is 0 Å². The van der Waals surface area contributed by atoms with Crippen LogP contribution >= 0.6 is 11.8 Å². The molecule has 1 aliphatic heterocycles. The Morgan fingerprint density at radius 2 is 1.78 bits per heavy atom. The lowest BCUT2D eigenvalue weighted by molar-refractivity contribution is -0.138. The lowest BCUT2D eigenvalue weighted by Gasteiger charge is -2.33. The summed E-state index contributed by atoms with van der Waals surface area (Å²) in [6.45, 7) is 1.95. The monoisotopic (exact) mass is 327 g/mol. The minimum atomic E-state index is -0.00400. The van der Waals surface area contributed by atoms with Gasteiger partial charge < -0.3 is 9.64 Å². The molecule has 0 aliphatic carbocycles. The molecule has 0 radical (unpaired) electrons. The summed E-state index contributed by atoms with van der Waals surface area (Å²) in [6, 6.07) is 20.3. The average Bonchev–Trinajstić information content (AvgIpc) is 2.63. The lowest BCUT2D eigenvalue weighted by Crippen LogP contribution is -2.42. The number of ether oxygens (including phenoxy) is 1. The summed E-state index contributed by atoms with van der Waals surface area (Å²) in [5.41, 5.74) is 1.14. The molecule has 23 heavy (non-hydrogen) atoms. The van der Waals surface area contributed by atoms with Gasteiger partial charge in [0, 0.05) is 23.6 Å². The molecule has 0 N–H and O–H groups in total. The van der Waals surface area contributed by atoms with Gasteiger partial charge in [0.2, 0.25) is 5.91 Å². The first-order chi connectivity index (χ1) is 11.3. The van der Waals surface area contributed by atoms with Crippen LogP contribution in [-0.4, -0.2) is 36.3 Å². The van der Waals surface area contributed by atoms with Crippen LogP contribution in [-0.2, 0) is 9.53 Å². The van der Waals surface area contributed by atoms with Gasteiger partial charge in [0.15, 0.2) is 0 Å². The maximum atomic E-state index is 12.4. The molecule has 3 rings (SSSR count). The molecule has 0 saturated carbocycles. The summed E-state index contributed by atoms with van der Waals surface area (Å²) in [5.74, 6) is 1.04. The molecule has 1 fully saturated rings. The molecule has 1 amide bonds. The third-order valence-electron chi connectivity index (χ3n) is 3.92. The Kier molecular flexibility index (Phi) is 5.72. The van der Waals surface area contributed by atoms with Gasteiger partial charge in [0.05, 0.1) is 13.2 Å². The average molecular weight is 327 g/mol. The number of carbonyl (C=O) groups is 1. The van der Waals surface area contributed by atoms with Crippen molar-refractivity contribution in [1.82, 2.24) is 4.90 Å². The van der Waals surface area contributed by atoms with Crippen LogP contribution in [0.5, 0.6) is 0 Å². The van der Waals surface area contributed by atoms with Crippen molar-refractivity contribution in [3.63, 3.8) is 0 Å². The molecule has 120 valence electrons. The second-order valence-electron chi connectivity index (χ2n) is 5.52. The number of thioether (sulfide) groups is 1. The predicted molar refractivity (Wildman–Crippen MR) is 93.5 cm³/mol. The number of hydrogen-bond acceptors (Lipinski definition) is 3. The Balaban J connectivity index is 1.49. The normalized spacial score (nSPS) is 17.9. The third kappa shape index (κ3) is 4.60. The molecule has 1 atom stereocenters. The lowest BCUT2D eigenvalue weighted by atomic mass is 10.1. The first-order valence-electron chi connectivity index (χ1n) is 7.95. The van der Waals surface area contributed by atoms with E-state index in [0.29, 0.717) is 26.1 Å². The zero-order valence-corrected chi connectivity index (χ0v) is 13.9. The molecule has 1 saturated heterocycles. The van der Waals surface area contributed by atoms with Crippen LogP contribution in [0.3, 0.4) is 0 Å². The molecule has 3 nitrogen and oxygen atoms in total. The first-order valence-corrected chi connectivity index (χ1v) is 8.93. The number of amides is 1. The standard InChI is InChI=1S/C19H21NO2S/c21-19(11-14-23-17-9-5-2-6-10-17)20-12-13-22-18(15-20)16-7-3-1-4-8-16/h1-10,18H,11-15H2. The van der Waals surface area contributed by atoms with Crippen molar-refractivity contribution >= 4 is 17.7 Å². The van der Waals surface area contributed by atoms with E-state index < -0.39 is 0 Å². The summed E-state index contributed by atoms with van der Waals surface area (Å²) in [7, 11) is 0. The van der Waals surface area contributed by atoms with Gasteiger partial charge in [-0.15, -0.1) is 11.8 Å². The minimum absolute atomic E-state index is 0.00400. The Morgan fingerprint density at radius 3 is 2.52 bits per heavy atom. The van der Waals surface area contributed by atoms with E-state index in [1.807, 2.05) is 41.3 Å². The topological polar surface area (TPSA) is 29.5 Å². The predicted octanol–water partition coefficient (Wildman–Crippen LogP) is 3.77. The highest BCUT2D eigenvalue weighted by molar-refractivity contribution is 7.99. The van der Waals surface area contributed by atoms with Crippen LogP contribution in [0.15, 0.2) is 65.6 Å². The summed E-state index contributed by atoms with van der Waals surface area (Å²) in [6.07, 6.45) is 0.567. The highest BCUT2D eigenvalue weighted by Crippen LogP contribution is 2.23. The van der Waals surface area contributed by atoms with E-state index in [2.05, 4.69) is 24.3 Å². The van der Waals surface area contributed by atoms with E-state index in [4.69, 9.17) is 4.74 Å². The fourth-order valence-corrected chi connectivity index (χ4v) is 3.54. The number of morpholine rings is 1. The van der Waals surface area contributed by atoms with Crippen LogP contribution < -0.4 is 0 Å². The molecule has 1 aliphatic rings. The van der Waals surface area contributed by atoms with E-state index in [1.165, 1.54) is 4.90 Å². The van der Waals surface area contributed by atoms with Crippen LogP contribution in [0.25, 0.3) is 0 Å². The largest absolute Gasteiger partial charge is 0.370 e. The van der Waals surface area contributed by atoms with Crippen molar-refractivity contribution < 1.29 is 9.53 Å². The van der Waals surface area contributed by atoms with Gasteiger partial charge >= 0.3 is 0 Å². The zero-order chi connectivity index (χ0) is 15.9. The van der Waals surface area contributed by atoms with Gasteiger partial charge in [-0.25, -0.2) is 0 Å². The molecule has 2 aromatic carbocycles. The molecule has 1 heterocycles. The van der Waals surface area contributed by atoms with E-state index in [0.717, 1.165) is 11.3 Å². The zero-order valence-electron chi connectivity index (χ0n) is 13.1. The van der Waals surface area contributed by atoms with Gasteiger partial charge in [-0.1, -0.05) is 48.5 Å². The Morgan fingerprint density at radius 1 is 1.09 bits per heavy atom. The van der Waals surface area contributed by atoms with Crippen molar-refractivity contribution in [3.8, 4) is 0 Å². The van der Waals surface area contributed by atoms with E-state index in [1.54, 1.807) is 11.8 Å². The maximum Gasteiger partial charge on any atom is 0.223 e. The van der Waals surface area contributed by atoms with Gasteiger partial charge in [-0.2, -0.15) is 0 Å². The third-order valence-corrected chi connectivity index (χ3v) is 4.93.